The van der Waals surface area contributed by atoms with Gasteiger partial charge in [-0.15, -0.1) is 0 Å². The van der Waals surface area contributed by atoms with E-state index in [4.69, 9.17) is 18.9 Å². The van der Waals surface area contributed by atoms with Gasteiger partial charge in [0.1, 0.15) is 6.10 Å². The first-order chi connectivity index (χ1) is 12.0. The molecular weight excluding hydrogens is 328 g/mol. The molecule has 0 aliphatic rings. The fourth-order valence-corrected chi connectivity index (χ4v) is 2.38. The van der Waals surface area contributed by atoms with Gasteiger partial charge >= 0.3 is 0 Å². The summed E-state index contributed by atoms with van der Waals surface area (Å²) in [7, 11) is 4.28. The Labute approximate surface area is 146 Å². The maximum Gasteiger partial charge on any atom is 0.200 e. The molecular formula is C18H22O7. The minimum absolute atomic E-state index is 0.141. The number of aliphatic hydroxyl groups excluding tert-OH is 2. The molecule has 0 radical (unpaired) electrons. The molecule has 2 aromatic rings. The first kappa shape index (κ1) is 18.7. The summed E-state index contributed by atoms with van der Waals surface area (Å²) < 4.78 is 21.1. The third kappa shape index (κ3) is 4.07. The number of ether oxygens (including phenoxy) is 4. The Morgan fingerprint density at radius 1 is 0.880 bits per heavy atom. The Hall–Kier alpha value is -2.64. The standard InChI is InChI=1S/C18H22O7/c1-22-12-6-4-5-7-13(12)25-16(10-19)17(20)11-8-14(23-2)18(21)15(9-11)24-3/h4-9,16-17,19-21H,10H2,1-3H3/t16-,17-/m1/s1. The van der Waals surface area contributed by atoms with Crippen LogP contribution in [0.5, 0.6) is 28.7 Å². The van der Waals surface area contributed by atoms with Crippen LogP contribution in [-0.4, -0.2) is 49.4 Å². The number of aliphatic hydroxyl groups is 2. The van der Waals surface area contributed by atoms with Crippen molar-refractivity contribution in [2.24, 2.45) is 0 Å². The number of benzene rings is 2. The minimum atomic E-state index is -1.20. The number of aromatic hydroxyl groups is 1. The molecule has 0 fully saturated rings. The van der Waals surface area contributed by atoms with Gasteiger partial charge in [-0.25, -0.2) is 0 Å². The number of para-hydroxylation sites is 2. The lowest BCUT2D eigenvalue weighted by Crippen LogP contribution is -2.29. The summed E-state index contributed by atoms with van der Waals surface area (Å²) in [6.45, 7) is -0.440. The summed E-state index contributed by atoms with van der Waals surface area (Å²) in [5.41, 5.74) is 0.362. The smallest absolute Gasteiger partial charge is 0.200 e. The zero-order chi connectivity index (χ0) is 18.4. The van der Waals surface area contributed by atoms with Crippen molar-refractivity contribution in [3.8, 4) is 28.7 Å². The van der Waals surface area contributed by atoms with Crippen molar-refractivity contribution in [3.05, 3.63) is 42.0 Å². The molecule has 7 nitrogen and oxygen atoms in total. The second kappa shape index (κ2) is 8.46. The highest BCUT2D eigenvalue weighted by atomic mass is 16.5. The first-order valence-electron chi connectivity index (χ1n) is 7.59. The van der Waals surface area contributed by atoms with Crippen molar-refractivity contribution in [1.29, 1.82) is 0 Å². The monoisotopic (exact) mass is 350 g/mol. The molecule has 0 amide bonds. The Bertz CT molecular complexity index is 677. The fourth-order valence-electron chi connectivity index (χ4n) is 2.38. The van der Waals surface area contributed by atoms with Gasteiger partial charge in [-0.2, -0.15) is 0 Å². The number of phenolic OH excluding ortho intramolecular Hbond substituents is 1. The predicted octanol–water partition coefficient (Wildman–Crippen LogP) is 1.89. The van der Waals surface area contributed by atoms with Crippen LogP contribution in [0.1, 0.15) is 11.7 Å². The predicted molar refractivity (Wildman–Crippen MR) is 90.7 cm³/mol. The average Bonchev–Trinajstić information content (AvgIpc) is 2.65. The van der Waals surface area contributed by atoms with E-state index in [-0.39, 0.29) is 17.2 Å². The Balaban J connectivity index is 2.32. The first-order valence-corrected chi connectivity index (χ1v) is 7.59. The highest BCUT2D eigenvalue weighted by Crippen LogP contribution is 2.40. The van der Waals surface area contributed by atoms with Crippen LogP contribution in [0, 0.1) is 0 Å². The molecule has 3 N–H and O–H groups in total. The van der Waals surface area contributed by atoms with Gasteiger partial charge in [0.15, 0.2) is 29.1 Å². The molecule has 2 atom stereocenters. The zero-order valence-corrected chi connectivity index (χ0v) is 14.3. The van der Waals surface area contributed by atoms with Crippen molar-refractivity contribution >= 4 is 0 Å². The van der Waals surface area contributed by atoms with Gasteiger partial charge in [0, 0.05) is 0 Å². The summed E-state index contributed by atoms with van der Waals surface area (Å²) in [6, 6.07) is 9.83. The normalized spacial score (nSPS) is 13.0. The summed E-state index contributed by atoms with van der Waals surface area (Å²) in [5.74, 6) is 0.978. The van der Waals surface area contributed by atoms with Crippen molar-refractivity contribution < 1.29 is 34.3 Å². The third-order valence-electron chi connectivity index (χ3n) is 3.72. The second-order valence-corrected chi connectivity index (χ2v) is 5.21. The van der Waals surface area contributed by atoms with Gasteiger partial charge in [-0.3, -0.25) is 0 Å². The van der Waals surface area contributed by atoms with Crippen LogP contribution >= 0.6 is 0 Å². The molecule has 0 saturated heterocycles. The van der Waals surface area contributed by atoms with E-state index in [1.165, 1.54) is 33.5 Å². The van der Waals surface area contributed by atoms with Crippen LogP contribution in [0.15, 0.2) is 36.4 Å². The number of phenols is 1. The summed E-state index contributed by atoms with van der Waals surface area (Å²) in [6.07, 6.45) is -2.16. The summed E-state index contributed by atoms with van der Waals surface area (Å²) in [5, 5.41) is 30.2. The molecule has 2 rings (SSSR count). The molecule has 0 unspecified atom stereocenters. The van der Waals surface area contributed by atoms with Crippen LogP contribution in [0.25, 0.3) is 0 Å². The van der Waals surface area contributed by atoms with Crippen LogP contribution < -0.4 is 18.9 Å². The lowest BCUT2D eigenvalue weighted by molar-refractivity contribution is -0.000610. The summed E-state index contributed by atoms with van der Waals surface area (Å²) >= 11 is 0. The molecule has 25 heavy (non-hydrogen) atoms. The van der Waals surface area contributed by atoms with Crippen molar-refractivity contribution in [3.63, 3.8) is 0 Å². The Morgan fingerprint density at radius 2 is 1.40 bits per heavy atom. The summed E-state index contributed by atoms with van der Waals surface area (Å²) in [4.78, 5) is 0. The zero-order valence-electron chi connectivity index (χ0n) is 14.3. The topological polar surface area (TPSA) is 97.6 Å². The SMILES string of the molecule is COc1ccccc1O[C@H](CO)[C@H](O)c1cc(OC)c(O)c(OC)c1. The van der Waals surface area contributed by atoms with Gasteiger partial charge in [0.2, 0.25) is 5.75 Å². The molecule has 0 aromatic heterocycles. The van der Waals surface area contributed by atoms with E-state index >= 15 is 0 Å². The number of methoxy groups -OCH3 is 3. The van der Waals surface area contributed by atoms with Gasteiger partial charge in [-0.1, -0.05) is 12.1 Å². The van der Waals surface area contributed by atoms with E-state index < -0.39 is 18.8 Å². The van der Waals surface area contributed by atoms with Crippen LogP contribution in [-0.2, 0) is 0 Å². The van der Waals surface area contributed by atoms with Crippen molar-refractivity contribution in [2.45, 2.75) is 12.2 Å². The van der Waals surface area contributed by atoms with E-state index in [9.17, 15) is 15.3 Å². The number of hydrogen-bond donors (Lipinski definition) is 3. The molecule has 0 spiro atoms. The van der Waals surface area contributed by atoms with E-state index in [1.807, 2.05) is 0 Å². The van der Waals surface area contributed by atoms with Crippen LogP contribution in [0.2, 0.25) is 0 Å². The lowest BCUT2D eigenvalue weighted by atomic mass is 10.0. The van der Waals surface area contributed by atoms with E-state index in [2.05, 4.69) is 0 Å². The molecule has 0 aliphatic heterocycles. The molecule has 2 aromatic carbocycles. The molecule has 0 bridgehead atoms. The van der Waals surface area contributed by atoms with Crippen molar-refractivity contribution in [1.82, 2.24) is 0 Å². The Kier molecular flexibility index (Phi) is 6.32. The quantitative estimate of drug-likeness (QED) is 0.669. The maximum atomic E-state index is 10.6. The van der Waals surface area contributed by atoms with Gasteiger partial charge in [0.25, 0.3) is 0 Å². The highest BCUT2D eigenvalue weighted by Gasteiger charge is 2.26. The molecule has 0 aliphatic carbocycles. The maximum absolute atomic E-state index is 10.6. The highest BCUT2D eigenvalue weighted by molar-refractivity contribution is 5.53. The van der Waals surface area contributed by atoms with E-state index in [0.717, 1.165) is 0 Å². The number of hydrogen-bond acceptors (Lipinski definition) is 7. The minimum Gasteiger partial charge on any atom is -0.502 e. The largest absolute Gasteiger partial charge is 0.502 e. The van der Waals surface area contributed by atoms with Crippen molar-refractivity contribution in [2.75, 3.05) is 27.9 Å². The second-order valence-electron chi connectivity index (χ2n) is 5.21. The number of rotatable bonds is 8. The van der Waals surface area contributed by atoms with E-state index in [0.29, 0.717) is 17.1 Å². The van der Waals surface area contributed by atoms with Crippen LogP contribution in [0.4, 0.5) is 0 Å². The molecule has 136 valence electrons. The van der Waals surface area contributed by atoms with Gasteiger partial charge in [0.05, 0.1) is 27.9 Å². The fraction of sp³-hybridized carbons (Fsp3) is 0.333. The van der Waals surface area contributed by atoms with E-state index in [1.54, 1.807) is 24.3 Å². The average molecular weight is 350 g/mol. The third-order valence-corrected chi connectivity index (χ3v) is 3.72. The lowest BCUT2D eigenvalue weighted by Gasteiger charge is -2.24. The molecule has 0 heterocycles. The molecule has 7 heteroatoms. The van der Waals surface area contributed by atoms with Gasteiger partial charge < -0.3 is 34.3 Å². The van der Waals surface area contributed by atoms with Gasteiger partial charge in [-0.05, 0) is 29.8 Å². The molecule has 0 saturated carbocycles. The van der Waals surface area contributed by atoms with Crippen LogP contribution in [0.3, 0.4) is 0 Å². The Morgan fingerprint density at radius 3 is 1.88 bits per heavy atom.